The molecule has 172 valence electrons. The molecule has 6 nitrogen and oxygen atoms in total. The van der Waals surface area contributed by atoms with Gasteiger partial charge in [0.15, 0.2) is 0 Å². The van der Waals surface area contributed by atoms with Crippen molar-refractivity contribution in [3.8, 4) is 0 Å². The molecule has 2 aromatic rings. The second kappa shape index (κ2) is 10.1. The minimum atomic E-state index is -4.62. The maximum Gasteiger partial charge on any atom is 0.433 e. The number of halogens is 3. The van der Waals surface area contributed by atoms with E-state index in [1.54, 1.807) is 18.2 Å². The number of amides is 2. The van der Waals surface area contributed by atoms with Gasteiger partial charge in [0.05, 0.1) is 5.92 Å². The molecule has 0 radical (unpaired) electrons. The number of hydrogen-bond donors (Lipinski definition) is 2. The van der Waals surface area contributed by atoms with Crippen molar-refractivity contribution in [3.63, 3.8) is 0 Å². The van der Waals surface area contributed by atoms with Crippen LogP contribution in [0.3, 0.4) is 0 Å². The Morgan fingerprint density at radius 3 is 2.66 bits per heavy atom. The molecule has 1 saturated heterocycles. The van der Waals surface area contributed by atoms with Crippen LogP contribution < -0.4 is 10.6 Å². The monoisotopic (exact) mass is 448 g/mol. The molecule has 0 saturated carbocycles. The highest BCUT2D eigenvalue weighted by molar-refractivity contribution is 6.02. The summed E-state index contributed by atoms with van der Waals surface area (Å²) < 4.78 is 38.5. The summed E-state index contributed by atoms with van der Waals surface area (Å²) in [4.78, 5) is 30.3. The lowest BCUT2D eigenvalue weighted by Crippen LogP contribution is -2.34. The van der Waals surface area contributed by atoms with Crippen molar-refractivity contribution in [1.29, 1.82) is 0 Å². The van der Waals surface area contributed by atoms with Gasteiger partial charge in [-0.2, -0.15) is 13.2 Å². The predicted molar refractivity (Wildman–Crippen MR) is 115 cm³/mol. The molecule has 2 N–H and O–H groups in total. The molecular weight excluding hydrogens is 421 g/mol. The minimum absolute atomic E-state index is 0.0383. The number of nitrogens with one attached hydrogen (secondary N) is 2. The molecular formula is C23H27F3N4O2. The first-order chi connectivity index (χ1) is 15.1. The van der Waals surface area contributed by atoms with Gasteiger partial charge in [0.2, 0.25) is 5.91 Å². The molecule has 2 amide bonds. The van der Waals surface area contributed by atoms with E-state index in [1.165, 1.54) is 6.07 Å². The highest BCUT2D eigenvalue weighted by Crippen LogP contribution is 2.27. The second-order valence-electron chi connectivity index (χ2n) is 8.42. The molecule has 1 aromatic carbocycles. The van der Waals surface area contributed by atoms with Crippen LogP contribution in [0, 0.1) is 11.8 Å². The largest absolute Gasteiger partial charge is 0.433 e. The quantitative estimate of drug-likeness (QED) is 0.673. The molecule has 0 aliphatic carbocycles. The number of carbonyl (C=O) groups excluding carboxylic acids is 2. The molecule has 1 aliphatic heterocycles. The van der Waals surface area contributed by atoms with E-state index in [-0.39, 0.29) is 17.5 Å². The van der Waals surface area contributed by atoms with E-state index < -0.39 is 17.8 Å². The van der Waals surface area contributed by atoms with Crippen molar-refractivity contribution in [2.45, 2.75) is 33.0 Å². The fourth-order valence-electron chi connectivity index (χ4n) is 3.56. The fraction of sp³-hybridized carbons (Fsp3) is 0.435. The lowest BCUT2D eigenvalue weighted by Gasteiger charge is -2.17. The van der Waals surface area contributed by atoms with Crippen LogP contribution in [0.1, 0.15) is 42.0 Å². The normalized spacial score (nSPS) is 16.9. The summed E-state index contributed by atoms with van der Waals surface area (Å²) in [5.41, 5.74) is -0.0138. The van der Waals surface area contributed by atoms with Crippen molar-refractivity contribution in [2.24, 2.45) is 11.8 Å². The Morgan fingerprint density at radius 1 is 1.19 bits per heavy atom. The first-order valence-corrected chi connectivity index (χ1v) is 10.6. The van der Waals surface area contributed by atoms with Crippen LogP contribution >= 0.6 is 0 Å². The SMILES string of the molecule is CC(C)CNC(=O)C1CCN(Cc2cccc(NC(=O)c3cccc(C(F)(F)F)n3)c2)C1. The van der Waals surface area contributed by atoms with Gasteiger partial charge in [-0.1, -0.05) is 32.0 Å². The summed E-state index contributed by atoms with van der Waals surface area (Å²) in [6.45, 7) is 6.84. The van der Waals surface area contributed by atoms with Gasteiger partial charge in [-0.25, -0.2) is 4.98 Å². The standard InChI is InChI=1S/C23H27F3N4O2/c1-15(2)12-27-21(31)17-9-10-30(14-17)13-16-5-3-6-18(11-16)28-22(32)19-7-4-8-20(29-19)23(24,25)26/h3-8,11,15,17H,9-10,12-14H2,1-2H3,(H,27,31)(H,28,32). The number of hydrogen-bond acceptors (Lipinski definition) is 4. The van der Waals surface area contributed by atoms with E-state index in [0.29, 0.717) is 31.2 Å². The first kappa shape index (κ1) is 23.7. The highest BCUT2D eigenvalue weighted by Gasteiger charge is 2.33. The Hall–Kier alpha value is -2.94. The van der Waals surface area contributed by atoms with Gasteiger partial charge in [-0.05, 0) is 48.7 Å². The summed E-state index contributed by atoms with van der Waals surface area (Å²) in [7, 11) is 0. The van der Waals surface area contributed by atoms with Gasteiger partial charge in [0.25, 0.3) is 5.91 Å². The van der Waals surface area contributed by atoms with Crippen molar-refractivity contribution < 1.29 is 22.8 Å². The van der Waals surface area contributed by atoms with Gasteiger partial charge in [-0.15, -0.1) is 0 Å². The third-order valence-electron chi connectivity index (χ3n) is 5.19. The number of anilines is 1. The van der Waals surface area contributed by atoms with Crippen LogP contribution in [0.5, 0.6) is 0 Å². The van der Waals surface area contributed by atoms with Gasteiger partial charge in [0.1, 0.15) is 11.4 Å². The van der Waals surface area contributed by atoms with Crippen LogP contribution in [-0.4, -0.2) is 41.3 Å². The molecule has 2 heterocycles. The Morgan fingerprint density at radius 2 is 1.94 bits per heavy atom. The van der Waals surface area contributed by atoms with Crippen molar-refractivity contribution in [3.05, 3.63) is 59.4 Å². The van der Waals surface area contributed by atoms with Gasteiger partial charge < -0.3 is 10.6 Å². The smallest absolute Gasteiger partial charge is 0.356 e. The van der Waals surface area contributed by atoms with Crippen LogP contribution in [0.2, 0.25) is 0 Å². The van der Waals surface area contributed by atoms with Crippen molar-refractivity contribution in [2.75, 3.05) is 25.0 Å². The van der Waals surface area contributed by atoms with Crippen LogP contribution in [0.25, 0.3) is 0 Å². The summed E-state index contributed by atoms with van der Waals surface area (Å²) >= 11 is 0. The molecule has 32 heavy (non-hydrogen) atoms. The summed E-state index contributed by atoms with van der Waals surface area (Å²) in [6, 6.07) is 10.3. The Bertz CT molecular complexity index is 962. The third-order valence-corrected chi connectivity index (χ3v) is 5.19. The van der Waals surface area contributed by atoms with Gasteiger partial charge in [-0.3, -0.25) is 14.5 Å². The molecule has 9 heteroatoms. The summed E-state index contributed by atoms with van der Waals surface area (Å²) in [5.74, 6) is -0.267. The minimum Gasteiger partial charge on any atom is -0.356 e. The zero-order valence-electron chi connectivity index (χ0n) is 18.1. The van der Waals surface area contributed by atoms with Crippen LogP contribution in [0.4, 0.5) is 18.9 Å². The zero-order valence-corrected chi connectivity index (χ0v) is 18.1. The topological polar surface area (TPSA) is 74.3 Å². The van der Waals surface area contributed by atoms with Gasteiger partial charge in [0, 0.05) is 25.3 Å². The van der Waals surface area contributed by atoms with E-state index in [4.69, 9.17) is 0 Å². The molecule has 1 atom stereocenters. The molecule has 3 rings (SSSR count). The maximum absolute atomic E-state index is 12.8. The summed E-state index contributed by atoms with van der Waals surface area (Å²) in [5, 5.41) is 5.58. The van der Waals surface area contributed by atoms with Crippen molar-refractivity contribution in [1.82, 2.24) is 15.2 Å². The second-order valence-corrected chi connectivity index (χ2v) is 8.42. The molecule has 0 spiro atoms. The molecule has 0 bridgehead atoms. The van der Waals surface area contributed by atoms with E-state index in [9.17, 15) is 22.8 Å². The number of nitrogens with zero attached hydrogens (tertiary/aromatic N) is 2. The average molecular weight is 448 g/mol. The number of rotatable bonds is 7. The lowest BCUT2D eigenvalue weighted by molar-refractivity contribution is -0.141. The number of benzene rings is 1. The number of alkyl halides is 3. The van der Waals surface area contributed by atoms with Crippen LogP contribution in [-0.2, 0) is 17.5 Å². The Labute approximate surface area is 185 Å². The highest BCUT2D eigenvalue weighted by atomic mass is 19.4. The first-order valence-electron chi connectivity index (χ1n) is 10.6. The molecule has 1 unspecified atom stereocenters. The maximum atomic E-state index is 12.8. The third kappa shape index (κ3) is 6.53. The number of aromatic nitrogens is 1. The number of likely N-dealkylation sites (tertiary alicyclic amines) is 1. The van der Waals surface area contributed by atoms with E-state index in [0.717, 1.165) is 30.7 Å². The predicted octanol–water partition coefficient (Wildman–Crippen LogP) is 3.95. The van der Waals surface area contributed by atoms with E-state index in [1.807, 2.05) is 6.07 Å². The average Bonchev–Trinajstić information content (AvgIpc) is 3.20. The van der Waals surface area contributed by atoms with E-state index >= 15 is 0 Å². The molecule has 1 aliphatic rings. The Kier molecular flexibility index (Phi) is 7.50. The molecule has 1 aromatic heterocycles. The zero-order chi connectivity index (χ0) is 23.3. The van der Waals surface area contributed by atoms with Gasteiger partial charge >= 0.3 is 6.18 Å². The van der Waals surface area contributed by atoms with Crippen molar-refractivity contribution >= 4 is 17.5 Å². The lowest BCUT2D eigenvalue weighted by atomic mass is 10.1. The molecule has 1 fully saturated rings. The van der Waals surface area contributed by atoms with E-state index in [2.05, 4.69) is 34.4 Å². The number of carbonyl (C=O) groups is 2. The Balaban J connectivity index is 1.58. The fourth-order valence-corrected chi connectivity index (χ4v) is 3.56. The van der Waals surface area contributed by atoms with Crippen LogP contribution in [0.15, 0.2) is 42.5 Å². The number of pyridine rings is 1. The summed E-state index contributed by atoms with van der Waals surface area (Å²) in [6.07, 6.45) is -3.82.